The van der Waals surface area contributed by atoms with Crippen LogP contribution < -0.4 is 0 Å². The molecule has 0 fully saturated rings. The number of allylic oxidation sites excluding steroid dienone is 1. The molecule has 1 aliphatic heterocycles. The fourth-order valence-electron chi connectivity index (χ4n) is 1.15. The molecule has 0 radical (unpaired) electrons. The molecule has 0 spiro atoms. The van der Waals surface area contributed by atoms with E-state index in [0.29, 0.717) is 0 Å². The first-order valence-electron chi connectivity index (χ1n) is 4.06. The minimum Gasteiger partial charge on any atom is -0.282 e. The van der Waals surface area contributed by atoms with E-state index in [4.69, 9.17) is 4.55 Å². The van der Waals surface area contributed by atoms with E-state index in [1.165, 1.54) is 18.0 Å². The Morgan fingerprint density at radius 2 is 2.00 bits per heavy atom. The fraction of sp³-hybridized carbons (Fsp3) is 0. The van der Waals surface area contributed by atoms with Crippen LogP contribution in [0, 0.1) is 0 Å². The lowest BCUT2D eigenvalue weighted by atomic mass is 10.2. The first-order valence-corrected chi connectivity index (χ1v) is 6.27. The predicted octanol–water partition coefficient (Wildman–Crippen LogP) is 2.01. The van der Waals surface area contributed by atoms with Gasteiger partial charge in [-0.15, -0.1) is 0 Å². The van der Waals surface area contributed by atoms with Crippen LogP contribution >= 0.6 is 11.9 Å². The van der Waals surface area contributed by atoms with Gasteiger partial charge in [-0.05, 0) is 17.7 Å². The van der Waals surface area contributed by atoms with Crippen LogP contribution in [0.25, 0.3) is 6.08 Å². The Labute approximate surface area is 91.6 Å². The summed E-state index contributed by atoms with van der Waals surface area (Å²) in [5.74, 6) is 0. The second kappa shape index (κ2) is 3.80. The van der Waals surface area contributed by atoms with Crippen LogP contribution in [0.15, 0.2) is 38.5 Å². The summed E-state index contributed by atoms with van der Waals surface area (Å²) < 4.78 is 34.6. The second-order valence-corrected chi connectivity index (χ2v) is 5.14. The van der Waals surface area contributed by atoms with Gasteiger partial charge in [-0.25, -0.2) is 4.40 Å². The SMILES string of the molecule is O=S(=O)(O)C1=Cc2ccccc2SN=C1. The highest BCUT2D eigenvalue weighted by molar-refractivity contribution is 7.98. The Hall–Kier alpha value is -1.11. The average molecular weight is 241 g/mol. The van der Waals surface area contributed by atoms with Crippen LogP contribution in [-0.4, -0.2) is 19.2 Å². The molecular weight excluding hydrogens is 234 g/mol. The van der Waals surface area contributed by atoms with Crippen LogP contribution in [0.3, 0.4) is 0 Å². The van der Waals surface area contributed by atoms with Gasteiger partial charge >= 0.3 is 0 Å². The molecule has 1 N–H and O–H groups in total. The van der Waals surface area contributed by atoms with Crippen molar-refractivity contribution in [1.82, 2.24) is 0 Å². The van der Waals surface area contributed by atoms with Gasteiger partial charge in [0.1, 0.15) is 4.91 Å². The molecule has 78 valence electrons. The summed E-state index contributed by atoms with van der Waals surface area (Å²) in [5.41, 5.74) is 0.729. The largest absolute Gasteiger partial charge is 0.296 e. The zero-order chi connectivity index (χ0) is 10.9. The molecule has 0 aliphatic carbocycles. The van der Waals surface area contributed by atoms with E-state index < -0.39 is 10.1 Å². The fourth-order valence-corrected chi connectivity index (χ4v) is 2.33. The molecule has 15 heavy (non-hydrogen) atoms. The lowest BCUT2D eigenvalue weighted by molar-refractivity contribution is 0.493. The van der Waals surface area contributed by atoms with Gasteiger partial charge in [-0.2, -0.15) is 8.42 Å². The zero-order valence-electron chi connectivity index (χ0n) is 7.49. The molecule has 6 heteroatoms. The topological polar surface area (TPSA) is 66.7 Å². The van der Waals surface area contributed by atoms with Crippen molar-refractivity contribution >= 4 is 34.4 Å². The number of fused-ring (bicyclic) bond motifs is 1. The van der Waals surface area contributed by atoms with Crippen molar-refractivity contribution in [3.8, 4) is 0 Å². The summed E-state index contributed by atoms with van der Waals surface area (Å²) in [4.78, 5) is 0.660. The number of nitrogens with zero attached hydrogens (tertiary/aromatic N) is 1. The van der Waals surface area contributed by atoms with Crippen LogP contribution in [0.2, 0.25) is 0 Å². The van der Waals surface area contributed by atoms with Gasteiger partial charge in [-0.3, -0.25) is 4.55 Å². The van der Waals surface area contributed by atoms with Crippen molar-refractivity contribution in [2.45, 2.75) is 4.90 Å². The summed E-state index contributed by atoms with van der Waals surface area (Å²) in [7, 11) is -4.19. The van der Waals surface area contributed by atoms with E-state index in [0.717, 1.165) is 16.7 Å². The minimum absolute atomic E-state index is 0.194. The van der Waals surface area contributed by atoms with Gasteiger partial charge in [0.15, 0.2) is 0 Å². The molecule has 0 saturated carbocycles. The standard InChI is InChI=1S/C9H7NO3S2/c11-15(12,13)8-5-7-3-1-2-4-9(7)14-10-6-8/h1-6H,(H,11,12,13). The smallest absolute Gasteiger partial charge is 0.282 e. The van der Waals surface area contributed by atoms with Crippen molar-refractivity contribution in [2.75, 3.05) is 0 Å². The summed E-state index contributed by atoms with van der Waals surface area (Å²) in [6.45, 7) is 0. The van der Waals surface area contributed by atoms with Crippen LogP contribution in [-0.2, 0) is 10.1 Å². The highest BCUT2D eigenvalue weighted by Gasteiger charge is 2.14. The molecule has 2 rings (SSSR count). The molecule has 1 heterocycles. The van der Waals surface area contributed by atoms with Crippen molar-refractivity contribution in [3.63, 3.8) is 0 Å². The maximum atomic E-state index is 10.9. The highest BCUT2D eigenvalue weighted by Crippen LogP contribution is 2.28. The molecule has 0 bridgehead atoms. The lowest BCUT2D eigenvalue weighted by Crippen LogP contribution is -2.02. The number of benzene rings is 1. The van der Waals surface area contributed by atoms with Gasteiger partial charge in [0.05, 0.1) is 6.21 Å². The molecule has 0 saturated heterocycles. The molecule has 1 aromatic carbocycles. The lowest BCUT2D eigenvalue weighted by Gasteiger charge is -1.98. The molecule has 0 aromatic heterocycles. The summed E-state index contributed by atoms with van der Waals surface area (Å²) >= 11 is 1.17. The Balaban J connectivity index is 2.59. The maximum absolute atomic E-state index is 10.9. The number of rotatable bonds is 1. The average Bonchev–Trinajstić information content (AvgIpc) is 2.38. The predicted molar refractivity (Wildman–Crippen MR) is 60.3 cm³/mol. The van der Waals surface area contributed by atoms with Crippen molar-refractivity contribution in [2.24, 2.45) is 4.40 Å². The van der Waals surface area contributed by atoms with Gasteiger partial charge in [-0.1, -0.05) is 18.2 Å². The highest BCUT2D eigenvalue weighted by atomic mass is 32.2. The minimum atomic E-state index is -4.19. The third kappa shape index (κ3) is 2.28. The molecule has 4 nitrogen and oxygen atoms in total. The van der Waals surface area contributed by atoms with E-state index in [2.05, 4.69) is 4.40 Å². The van der Waals surface area contributed by atoms with Crippen molar-refractivity contribution < 1.29 is 13.0 Å². The third-order valence-corrected chi connectivity index (χ3v) is 3.44. The van der Waals surface area contributed by atoms with Gasteiger partial charge in [0, 0.05) is 16.8 Å². The van der Waals surface area contributed by atoms with Crippen molar-refractivity contribution in [3.05, 3.63) is 34.7 Å². The quantitative estimate of drug-likeness (QED) is 0.603. The molecule has 0 amide bonds. The molecule has 1 aliphatic rings. The number of hydrogen-bond acceptors (Lipinski definition) is 4. The summed E-state index contributed by atoms with van der Waals surface area (Å²) in [6.07, 6.45) is 2.54. The first-order chi connectivity index (χ1) is 7.07. The van der Waals surface area contributed by atoms with E-state index >= 15 is 0 Å². The Morgan fingerprint density at radius 3 is 2.73 bits per heavy atom. The Bertz CT molecular complexity index is 546. The third-order valence-electron chi connectivity index (χ3n) is 1.85. The Kier molecular flexibility index (Phi) is 2.64. The van der Waals surface area contributed by atoms with Crippen LogP contribution in [0.4, 0.5) is 0 Å². The summed E-state index contributed by atoms with van der Waals surface area (Å²) in [6, 6.07) is 7.24. The normalized spacial score (nSPS) is 15.4. The van der Waals surface area contributed by atoms with E-state index in [1.54, 1.807) is 12.1 Å². The Morgan fingerprint density at radius 1 is 1.27 bits per heavy atom. The maximum Gasteiger partial charge on any atom is 0.296 e. The first kappa shape index (κ1) is 10.4. The van der Waals surface area contributed by atoms with Crippen LogP contribution in [0.5, 0.6) is 0 Å². The van der Waals surface area contributed by atoms with E-state index in [-0.39, 0.29) is 4.91 Å². The monoisotopic (exact) mass is 241 g/mol. The molecule has 0 unspecified atom stereocenters. The molecular formula is C9H7NO3S2. The van der Waals surface area contributed by atoms with Gasteiger partial charge < -0.3 is 0 Å². The molecule has 0 atom stereocenters. The zero-order valence-corrected chi connectivity index (χ0v) is 9.12. The number of hydrogen-bond donors (Lipinski definition) is 1. The van der Waals surface area contributed by atoms with Crippen LogP contribution in [0.1, 0.15) is 5.56 Å². The van der Waals surface area contributed by atoms with Crippen molar-refractivity contribution in [1.29, 1.82) is 0 Å². The van der Waals surface area contributed by atoms with E-state index in [1.807, 2.05) is 12.1 Å². The second-order valence-electron chi connectivity index (χ2n) is 2.89. The molecule has 1 aromatic rings. The van der Waals surface area contributed by atoms with Gasteiger partial charge in [0.25, 0.3) is 10.1 Å². The van der Waals surface area contributed by atoms with Gasteiger partial charge in [0.2, 0.25) is 0 Å². The summed E-state index contributed by atoms with van der Waals surface area (Å²) in [5, 5.41) is 0. The van der Waals surface area contributed by atoms with E-state index in [9.17, 15) is 8.42 Å².